The van der Waals surface area contributed by atoms with Crippen LogP contribution in [-0.4, -0.2) is 29.6 Å². The highest BCUT2D eigenvalue weighted by Gasteiger charge is 2.12. The summed E-state index contributed by atoms with van der Waals surface area (Å²) in [5.74, 6) is -0.153. The van der Waals surface area contributed by atoms with Gasteiger partial charge in [0.1, 0.15) is 0 Å². The molecule has 0 saturated heterocycles. The molecule has 2 rings (SSSR count). The summed E-state index contributed by atoms with van der Waals surface area (Å²) in [6.45, 7) is 0.791. The number of carbonyl (C=O) groups is 1. The van der Waals surface area contributed by atoms with Gasteiger partial charge in [0.25, 0.3) is 5.91 Å². The lowest BCUT2D eigenvalue weighted by Crippen LogP contribution is -2.17. The van der Waals surface area contributed by atoms with Crippen molar-refractivity contribution in [1.82, 2.24) is 10.3 Å². The highest BCUT2D eigenvalue weighted by atomic mass is 16.3. The van der Waals surface area contributed by atoms with Crippen molar-refractivity contribution >= 4 is 11.7 Å². The Morgan fingerprint density at radius 2 is 2.05 bits per heavy atom. The first-order valence-electron chi connectivity index (χ1n) is 6.40. The molecule has 0 aliphatic rings. The third kappa shape index (κ3) is 3.33. The van der Waals surface area contributed by atoms with Crippen LogP contribution in [0.25, 0.3) is 0 Å². The molecule has 0 atom stereocenters. The molecule has 0 spiro atoms. The fourth-order valence-corrected chi connectivity index (χ4v) is 1.89. The Hall–Kier alpha value is -2.40. The minimum atomic E-state index is -0.272. The standard InChI is InChI=1S/C15H17N3O2/c1-16-10-8-11-5-2-3-6-12(11)15(20)18-14-13(19)7-4-9-17-14/h2-7,9,16,19H,8,10H2,1H3,(H,17,18,20). The normalized spacial score (nSPS) is 10.2. The summed E-state index contributed by atoms with van der Waals surface area (Å²) in [7, 11) is 1.87. The first kappa shape index (κ1) is 14.0. The van der Waals surface area contributed by atoms with Gasteiger partial charge in [-0.3, -0.25) is 4.79 Å². The van der Waals surface area contributed by atoms with Gasteiger partial charge in [0.2, 0.25) is 0 Å². The van der Waals surface area contributed by atoms with Gasteiger partial charge in [-0.25, -0.2) is 4.98 Å². The van der Waals surface area contributed by atoms with E-state index >= 15 is 0 Å². The van der Waals surface area contributed by atoms with Crippen LogP contribution in [0.5, 0.6) is 5.75 Å². The van der Waals surface area contributed by atoms with Crippen LogP contribution < -0.4 is 10.6 Å². The Morgan fingerprint density at radius 1 is 1.25 bits per heavy atom. The maximum Gasteiger partial charge on any atom is 0.257 e. The fraction of sp³-hybridized carbons (Fsp3) is 0.200. The molecule has 20 heavy (non-hydrogen) atoms. The molecule has 3 N–H and O–H groups in total. The Kier molecular flexibility index (Phi) is 4.68. The molecule has 5 heteroatoms. The molecular formula is C15H17N3O2. The van der Waals surface area contributed by atoms with E-state index in [-0.39, 0.29) is 17.5 Å². The molecule has 1 heterocycles. The van der Waals surface area contributed by atoms with Crippen molar-refractivity contribution in [2.45, 2.75) is 6.42 Å². The number of carbonyl (C=O) groups excluding carboxylic acids is 1. The zero-order valence-corrected chi connectivity index (χ0v) is 11.3. The van der Waals surface area contributed by atoms with Crippen molar-refractivity contribution in [3.8, 4) is 5.75 Å². The van der Waals surface area contributed by atoms with E-state index in [1.54, 1.807) is 12.1 Å². The zero-order chi connectivity index (χ0) is 14.4. The Morgan fingerprint density at radius 3 is 2.80 bits per heavy atom. The first-order valence-corrected chi connectivity index (χ1v) is 6.40. The monoisotopic (exact) mass is 271 g/mol. The van der Waals surface area contributed by atoms with E-state index in [0.29, 0.717) is 5.56 Å². The summed E-state index contributed by atoms with van der Waals surface area (Å²) in [6.07, 6.45) is 2.27. The van der Waals surface area contributed by atoms with E-state index in [1.807, 2.05) is 25.2 Å². The van der Waals surface area contributed by atoms with Crippen LogP contribution in [0.4, 0.5) is 5.82 Å². The Balaban J connectivity index is 2.19. The maximum atomic E-state index is 12.3. The predicted octanol–water partition coefficient (Wildman–Crippen LogP) is 1.80. The molecule has 0 bridgehead atoms. The van der Waals surface area contributed by atoms with Gasteiger partial charge in [0, 0.05) is 11.8 Å². The van der Waals surface area contributed by atoms with Crippen molar-refractivity contribution < 1.29 is 9.90 Å². The van der Waals surface area contributed by atoms with Crippen LogP contribution in [0, 0.1) is 0 Å². The summed E-state index contributed by atoms with van der Waals surface area (Å²) in [5.41, 5.74) is 1.54. The quantitative estimate of drug-likeness (QED) is 0.775. The van der Waals surface area contributed by atoms with E-state index in [9.17, 15) is 9.90 Å². The second-order valence-electron chi connectivity index (χ2n) is 4.34. The van der Waals surface area contributed by atoms with Crippen LogP contribution in [0.15, 0.2) is 42.6 Å². The third-order valence-corrected chi connectivity index (χ3v) is 2.92. The molecule has 5 nitrogen and oxygen atoms in total. The van der Waals surface area contributed by atoms with E-state index in [0.717, 1.165) is 18.5 Å². The van der Waals surface area contributed by atoms with Gasteiger partial charge in [-0.05, 0) is 43.8 Å². The molecule has 1 amide bonds. The van der Waals surface area contributed by atoms with Gasteiger partial charge in [-0.1, -0.05) is 18.2 Å². The molecule has 0 aliphatic carbocycles. The highest BCUT2D eigenvalue weighted by molar-refractivity contribution is 6.05. The number of aromatic hydroxyl groups is 1. The van der Waals surface area contributed by atoms with E-state index in [4.69, 9.17) is 0 Å². The SMILES string of the molecule is CNCCc1ccccc1C(=O)Nc1ncccc1O. The van der Waals surface area contributed by atoms with E-state index < -0.39 is 0 Å². The number of rotatable bonds is 5. The van der Waals surface area contributed by atoms with Gasteiger partial charge in [0.05, 0.1) is 0 Å². The number of nitrogens with zero attached hydrogens (tertiary/aromatic N) is 1. The van der Waals surface area contributed by atoms with Crippen LogP contribution in [0.3, 0.4) is 0 Å². The molecule has 2 aromatic rings. The number of benzene rings is 1. The molecule has 0 saturated carbocycles. The Bertz CT molecular complexity index is 599. The lowest BCUT2D eigenvalue weighted by molar-refractivity contribution is 0.102. The third-order valence-electron chi connectivity index (χ3n) is 2.92. The second-order valence-corrected chi connectivity index (χ2v) is 4.34. The van der Waals surface area contributed by atoms with Crippen molar-refractivity contribution in [3.05, 3.63) is 53.7 Å². The maximum absolute atomic E-state index is 12.3. The molecular weight excluding hydrogens is 254 g/mol. The zero-order valence-electron chi connectivity index (χ0n) is 11.3. The van der Waals surface area contributed by atoms with Crippen molar-refractivity contribution in [2.75, 3.05) is 18.9 Å². The smallest absolute Gasteiger partial charge is 0.257 e. The molecule has 0 radical (unpaired) electrons. The summed E-state index contributed by atoms with van der Waals surface area (Å²) in [6, 6.07) is 10.5. The lowest BCUT2D eigenvalue weighted by atomic mass is 10.0. The van der Waals surface area contributed by atoms with Crippen LogP contribution in [0.2, 0.25) is 0 Å². The van der Waals surface area contributed by atoms with Crippen molar-refractivity contribution in [2.24, 2.45) is 0 Å². The lowest BCUT2D eigenvalue weighted by Gasteiger charge is -2.10. The van der Waals surface area contributed by atoms with Gasteiger partial charge in [0.15, 0.2) is 11.6 Å². The minimum Gasteiger partial charge on any atom is -0.504 e. The largest absolute Gasteiger partial charge is 0.504 e. The summed E-state index contributed by atoms with van der Waals surface area (Å²) in [4.78, 5) is 16.2. The fourth-order valence-electron chi connectivity index (χ4n) is 1.89. The van der Waals surface area contributed by atoms with Gasteiger partial charge in [-0.15, -0.1) is 0 Å². The van der Waals surface area contributed by atoms with Crippen LogP contribution >= 0.6 is 0 Å². The minimum absolute atomic E-state index is 0.0476. The van der Waals surface area contributed by atoms with E-state index in [2.05, 4.69) is 15.6 Å². The summed E-state index contributed by atoms with van der Waals surface area (Å²) >= 11 is 0. The number of nitrogens with one attached hydrogen (secondary N) is 2. The molecule has 0 fully saturated rings. The number of anilines is 1. The molecule has 104 valence electrons. The number of likely N-dealkylation sites (N-methyl/N-ethyl adjacent to an activating group) is 1. The molecule has 1 aromatic carbocycles. The van der Waals surface area contributed by atoms with Gasteiger partial charge < -0.3 is 15.7 Å². The van der Waals surface area contributed by atoms with Gasteiger partial charge in [-0.2, -0.15) is 0 Å². The second kappa shape index (κ2) is 6.68. The summed E-state index contributed by atoms with van der Waals surface area (Å²) in [5, 5.41) is 15.3. The van der Waals surface area contributed by atoms with Crippen LogP contribution in [-0.2, 0) is 6.42 Å². The number of hydrogen-bond acceptors (Lipinski definition) is 4. The van der Waals surface area contributed by atoms with Crippen molar-refractivity contribution in [3.63, 3.8) is 0 Å². The number of amides is 1. The molecule has 0 unspecified atom stereocenters. The number of pyridine rings is 1. The number of aromatic nitrogens is 1. The highest BCUT2D eigenvalue weighted by Crippen LogP contribution is 2.20. The van der Waals surface area contributed by atoms with Gasteiger partial charge >= 0.3 is 0 Å². The predicted molar refractivity (Wildman–Crippen MR) is 77.9 cm³/mol. The first-order chi connectivity index (χ1) is 9.72. The topological polar surface area (TPSA) is 74.2 Å². The van der Waals surface area contributed by atoms with E-state index in [1.165, 1.54) is 12.3 Å². The summed E-state index contributed by atoms with van der Waals surface area (Å²) < 4.78 is 0. The average molecular weight is 271 g/mol. The number of hydrogen-bond donors (Lipinski definition) is 3. The Labute approximate surface area is 117 Å². The molecule has 0 aliphatic heterocycles. The average Bonchev–Trinajstić information content (AvgIpc) is 2.47. The molecule has 1 aromatic heterocycles. The van der Waals surface area contributed by atoms with Crippen molar-refractivity contribution in [1.29, 1.82) is 0 Å². The van der Waals surface area contributed by atoms with Crippen LogP contribution in [0.1, 0.15) is 15.9 Å².